The van der Waals surface area contributed by atoms with Crippen molar-refractivity contribution in [2.45, 2.75) is 6.92 Å². The zero-order chi connectivity index (χ0) is 14.2. The Kier molecular flexibility index (Phi) is 3.39. The molecule has 0 aliphatic heterocycles. The highest BCUT2D eigenvalue weighted by Crippen LogP contribution is 2.23. The van der Waals surface area contributed by atoms with Crippen LogP contribution in [0.2, 0.25) is 0 Å². The molecule has 0 unspecified atom stereocenters. The number of benzene rings is 1. The minimum Gasteiger partial charge on any atom is -0.501 e. The maximum atomic E-state index is 11.5. The molecule has 0 bridgehead atoms. The summed E-state index contributed by atoms with van der Waals surface area (Å²) in [4.78, 5) is 28.5. The second kappa shape index (κ2) is 4.85. The number of aromatic carboxylic acids is 1. The molecule has 1 aromatic heterocycles. The standard InChI is InChI=1S/C12H9BrN2O4/c1-5-4-6(2-3-7(5)13)10-14-8(12(18)19)9(16)11(17)15-10/h2-4,16H,1H3,(H,18,19)(H,14,15,17). The smallest absolute Gasteiger partial charge is 0.358 e. The molecule has 0 atom stereocenters. The average molecular weight is 325 g/mol. The van der Waals surface area contributed by atoms with E-state index in [9.17, 15) is 14.7 Å². The van der Waals surface area contributed by atoms with Gasteiger partial charge in [-0.15, -0.1) is 0 Å². The molecule has 3 N–H and O–H groups in total. The highest BCUT2D eigenvalue weighted by Gasteiger charge is 2.17. The second-order valence-electron chi connectivity index (χ2n) is 3.88. The summed E-state index contributed by atoms with van der Waals surface area (Å²) in [5.74, 6) is -2.26. The summed E-state index contributed by atoms with van der Waals surface area (Å²) in [6.07, 6.45) is 0. The van der Waals surface area contributed by atoms with E-state index < -0.39 is 23.0 Å². The summed E-state index contributed by atoms with van der Waals surface area (Å²) in [5, 5.41) is 18.2. The largest absolute Gasteiger partial charge is 0.501 e. The number of aromatic hydroxyl groups is 1. The van der Waals surface area contributed by atoms with Crippen molar-refractivity contribution in [1.82, 2.24) is 9.97 Å². The fourth-order valence-corrected chi connectivity index (χ4v) is 1.79. The molecular formula is C12H9BrN2O4. The molecular weight excluding hydrogens is 316 g/mol. The lowest BCUT2D eigenvalue weighted by Crippen LogP contribution is -2.15. The number of halogens is 1. The maximum absolute atomic E-state index is 11.5. The number of aryl methyl sites for hydroxylation is 1. The lowest BCUT2D eigenvalue weighted by molar-refractivity contribution is 0.0686. The fraction of sp³-hybridized carbons (Fsp3) is 0.0833. The fourth-order valence-electron chi connectivity index (χ4n) is 1.54. The molecule has 1 aromatic carbocycles. The number of carboxylic acids is 1. The monoisotopic (exact) mass is 324 g/mol. The van der Waals surface area contributed by atoms with Gasteiger partial charge in [0, 0.05) is 10.0 Å². The van der Waals surface area contributed by atoms with Crippen LogP contribution in [-0.2, 0) is 0 Å². The molecule has 0 amide bonds. The van der Waals surface area contributed by atoms with E-state index in [1.54, 1.807) is 18.2 Å². The van der Waals surface area contributed by atoms with E-state index in [0.29, 0.717) is 5.56 Å². The maximum Gasteiger partial charge on any atom is 0.358 e. The van der Waals surface area contributed by atoms with Gasteiger partial charge in [-0.3, -0.25) is 4.79 Å². The van der Waals surface area contributed by atoms with E-state index in [0.717, 1.165) is 10.0 Å². The van der Waals surface area contributed by atoms with Gasteiger partial charge in [-0.2, -0.15) is 0 Å². The van der Waals surface area contributed by atoms with Gasteiger partial charge in [-0.1, -0.05) is 22.0 Å². The minimum atomic E-state index is -1.46. The predicted molar refractivity (Wildman–Crippen MR) is 71.4 cm³/mol. The van der Waals surface area contributed by atoms with Crippen LogP contribution >= 0.6 is 15.9 Å². The third-order valence-electron chi connectivity index (χ3n) is 2.53. The molecule has 0 aliphatic carbocycles. The predicted octanol–water partition coefficient (Wildman–Crippen LogP) is 1.91. The van der Waals surface area contributed by atoms with Gasteiger partial charge in [0.25, 0.3) is 5.56 Å². The number of nitrogens with one attached hydrogen (secondary N) is 1. The third kappa shape index (κ3) is 2.50. The Bertz CT molecular complexity index is 724. The zero-order valence-corrected chi connectivity index (χ0v) is 11.4. The number of H-pyrrole nitrogens is 1. The first kappa shape index (κ1) is 13.3. The number of hydrogen-bond donors (Lipinski definition) is 3. The average Bonchev–Trinajstić information content (AvgIpc) is 2.35. The molecule has 7 heteroatoms. The first-order chi connectivity index (χ1) is 8.90. The lowest BCUT2D eigenvalue weighted by atomic mass is 10.1. The summed E-state index contributed by atoms with van der Waals surface area (Å²) in [7, 11) is 0. The van der Waals surface area contributed by atoms with E-state index in [1.807, 2.05) is 6.92 Å². The first-order valence-corrected chi connectivity index (χ1v) is 6.02. The summed E-state index contributed by atoms with van der Waals surface area (Å²) in [5.41, 5.74) is -0.0901. The van der Waals surface area contributed by atoms with Crippen molar-refractivity contribution in [2.24, 2.45) is 0 Å². The van der Waals surface area contributed by atoms with Gasteiger partial charge in [-0.25, -0.2) is 9.78 Å². The van der Waals surface area contributed by atoms with Crippen molar-refractivity contribution >= 4 is 21.9 Å². The number of nitrogens with zero attached hydrogens (tertiary/aromatic N) is 1. The quantitative estimate of drug-likeness (QED) is 0.782. The van der Waals surface area contributed by atoms with Crippen molar-refractivity contribution < 1.29 is 15.0 Å². The van der Waals surface area contributed by atoms with Crippen molar-refractivity contribution in [3.05, 3.63) is 44.3 Å². The Morgan fingerprint density at radius 3 is 2.68 bits per heavy atom. The van der Waals surface area contributed by atoms with Crippen LogP contribution in [0.15, 0.2) is 27.5 Å². The molecule has 0 radical (unpaired) electrons. The highest BCUT2D eigenvalue weighted by molar-refractivity contribution is 9.10. The number of carboxylic acid groups (broad SMARTS) is 1. The molecule has 2 rings (SSSR count). The summed E-state index contributed by atoms with van der Waals surface area (Å²) in [6.45, 7) is 1.85. The molecule has 0 spiro atoms. The van der Waals surface area contributed by atoms with Crippen LogP contribution in [0.3, 0.4) is 0 Å². The van der Waals surface area contributed by atoms with Gasteiger partial charge < -0.3 is 15.2 Å². The van der Waals surface area contributed by atoms with Crippen molar-refractivity contribution in [3.63, 3.8) is 0 Å². The Hall–Kier alpha value is -2.15. The summed E-state index contributed by atoms with van der Waals surface area (Å²) in [6, 6.07) is 5.18. The molecule has 98 valence electrons. The van der Waals surface area contributed by atoms with Crippen LogP contribution in [0.4, 0.5) is 0 Å². The van der Waals surface area contributed by atoms with Gasteiger partial charge in [0.2, 0.25) is 5.75 Å². The first-order valence-electron chi connectivity index (χ1n) is 5.23. The second-order valence-corrected chi connectivity index (χ2v) is 4.74. The van der Waals surface area contributed by atoms with Crippen LogP contribution in [-0.4, -0.2) is 26.2 Å². The minimum absolute atomic E-state index is 0.0933. The Balaban J connectivity index is 2.66. The van der Waals surface area contributed by atoms with Gasteiger partial charge in [-0.05, 0) is 24.6 Å². The van der Waals surface area contributed by atoms with Crippen LogP contribution in [0.25, 0.3) is 11.4 Å². The molecule has 6 nitrogen and oxygen atoms in total. The molecule has 1 heterocycles. The number of hydrogen-bond acceptors (Lipinski definition) is 4. The molecule has 19 heavy (non-hydrogen) atoms. The van der Waals surface area contributed by atoms with Gasteiger partial charge in [0.1, 0.15) is 5.82 Å². The van der Waals surface area contributed by atoms with E-state index in [-0.39, 0.29) is 5.82 Å². The van der Waals surface area contributed by atoms with E-state index in [1.165, 1.54) is 0 Å². The number of aromatic nitrogens is 2. The third-order valence-corrected chi connectivity index (χ3v) is 3.42. The Morgan fingerprint density at radius 2 is 2.11 bits per heavy atom. The number of aromatic amines is 1. The zero-order valence-electron chi connectivity index (χ0n) is 9.77. The summed E-state index contributed by atoms with van der Waals surface area (Å²) >= 11 is 3.34. The van der Waals surface area contributed by atoms with E-state index >= 15 is 0 Å². The molecule has 0 saturated heterocycles. The van der Waals surface area contributed by atoms with Crippen molar-refractivity contribution in [2.75, 3.05) is 0 Å². The highest BCUT2D eigenvalue weighted by atomic mass is 79.9. The lowest BCUT2D eigenvalue weighted by Gasteiger charge is -2.05. The topological polar surface area (TPSA) is 103 Å². The van der Waals surface area contributed by atoms with Crippen LogP contribution in [0.1, 0.15) is 16.1 Å². The van der Waals surface area contributed by atoms with Crippen LogP contribution in [0, 0.1) is 6.92 Å². The number of carbonyl (C=O) groups is 1. The van der Waals surface area contributed by atoms with Gasteiger partial charge in [0.15, 0.2) is 5.69 Å². The van der Waals surface area contributed by atoms with E-state index in [4.69, 9.17) is 5.11 Å². The SMILES string of the molecule is Cc1cc(-c2nc(C(=O)O)c(O)c(=O)[nH]2)ccc1Br. The van der Waals surface area contributed by atoms with Crippen molar-refractivity contribution in [3.8, 4) is 17.1 Å². The van der Waals surface area contributed by atoms with E-state index in [2.05, 4.69) is 25.9 Å². The van der Waals surface area contributed by atoms with Crippen LogP contribution < -0.4 is 5.56 Å². The summed E-state index contributed by atoms with van der Waals surface area (Å²) < 4.78 is 0.885. The number of rotatable bonds is 2. The molecule has 0 aliphatic rings. The van der Waals surface area contributed by atoms with Gasteiger partial charge >= 0.3 is 5.97 Å². The van der Waals surface area contributed by atoms with Crippen LogP contribution in [0.5, 0.6) is 5.75 Å². The Labute approximate surface area is 115 Å². The normalized spacial score (nSPS) is 10.4. The molecule has 2 aromatic rings. The Morgan fingerprint density at radius 1 is 1.42 bits per heavy atom. The van der Waals surface area contributed by atoms with Gasteiger partial charge in [0.05, 0.1) is 0 Å². The molecule has 0 fully saturated rings. The molecule has 0 saturated carbocycles. The van der Waals surface area contributed by atoms with Crippen molar-refractivity contribution in [1.29, 1.82) is 0 Å².